The van der Waals surface area contributed by atoms with Crippen LogP contribution in [0, 0.1) is 0 Å². The van der Waals surface area contributed by atoms with Gasteiger partial charge in [0.2, 0.25) is 0 Å². The van der Waals surface area contributed by atoms with Gasteiger partial charge in [-0.1, -0.05) is 6.07 Å². The maximum Gasteiger partial charge on any atom is 0.573 e. The number of fused-ring (bicyclic) bond motifs is 1. The summed E-state index contributed by atoms with van der Waals surface area (Å²) in [6, 6.07) is 10.4. The van der Waals surface area contributed by atoms with Crippen LogP contribution in [0.15, 0.2) is 65.9 Å². The fraction of sp³-hybridized carbons (Fsp3) is 0.310. The molecule has 0 unspecified atom stereocenters. The maximum absolute atomic E-state index is 12.8. The Bertz CT molecular complexity index is 1610. The minimum absolute atomic E-state index is 0.258. The summed E-state index contributed by atoms with van der Waals surface area (Å²) in [6.07, 6.45) is 3.42. The highest BCUT2D eigenvalue weighted by Crippen LogP contribution is 2.30. The van der Waals surface area contributed by atoms with E-state index >= 15 is 0 Å². The number of aromatic nitrogens is 5. The Morgan fingerprint density at radius 3 is 2.65 bits per heavy atom. The average Bonchev–Trinajstić information content (AvgIpc) is 3.65. The van der Waals surface area contributed by atoms with Crippen LogP contribution in [0.4, 0.5) is 24.7 Å². The largest absolute Gasteiger partial charge is 0.573 e. The molecule has 2 aromatic carbocycles. The molecule has 0 saturated heterocycles. The van der Waals surface area contributed by atoms with Crippen molar-refractivity contribution in [2.75, 3.05) is 37.4 Å². The summed E-state index contributed by atoms with van der Waals surface area (Å²) >= 11 is 0. The van der Waals surface area contributed by atoms with Crippen molar-refractivity contribution in [2.24, 2.45) is 0 Å². The van der Waals surface area contributed by atoms with E-state index < -0.39 is 6.36 Å². The van der Waals surface area contributed by atoms with Crippen LogP contribution in [0.5, 0.6) is 5.75 Å². The number of anilines is 2. The number of nitrogens with zero attached hydrogens (tertiary/aromatic N) is 4. The van der Waals surface area contributed by atoms with Gasteiger partial charge in [-0.25, -0.2) is 4.98 Å². The Kier molecular flexibility index (Phi) is 9.69. The standard InChI is InChI=1S/C29H31F3N8O3/c30-29(31,32)43-24-9-19(8-23-17-42-18-36-23)7-20(10-24)14-34-3-1-2-5-41-6-4-35-26-11-21(12-27-25(26)16-38-39-27)22-13-28(33)40-37-15-22/h7,9-13,15-18,34-35H,1-6,8,14H2,(H2,33,40)(H,38,39). The highest BCUT2D eigenvalue weighted by Gasteiger charge is 2.31. The number of halogens is 3. The molecule has 0 amide bonds. The number of ether oxygens (including phenoxy) is 2. The van der Waals surface area contributed by atoms with Crippen molar-refractivity contribution in [1.29, 1.82) is 0 Å². The molecule has 0 saturated carbocycles. The molecule has 0 aliphatic carbocycles. The van der Waals surface area contributed by atoms with Crippen molar-refractivity contribution in [2.45, 2.75) is 32.2 Å². The quantitative estimate of drug-likeness (QED) is 0.121. The highest BCUT2D eigenvalue weighted by atomic mass is 19.4. The predicted octanol–water partition coefficient (Wildman–Crippen LogP) is 5.08. The van der Waals surface area contributed by atoms with Crippen LogP contribution < -0.4 is 21.1 Å². The zero-order chi connectivity index (χ0) is 30.1. The number of nitrogens with one attached hydrogen (secondary N) is 3. The molecular weight excluding hydrogens is 565 g/mol. The van der Waals surface area contributed by atoms with Crippen LogP contribution in [0.3, 0.4) is 0 Å². The van der Waals surface area contributed by atoms with Crippen molar-refractivity contribution >= 4 is 22.4 Å². The topological polar surface area (TPSA) is 149 Å². The van der Waals surface area contributed by atoms with E-state index in [9.17, 15) is 13.2 Å². The second-order valence-electron chi connectivity index (χ2n) is 9.84. The molecule has 3 heterocycles. The maximum atomic E-state index is 12.8. The van der Waals surface area contributed by atoms with Crippen LogP contribution >= 0.6 is 0 Å². The molecule has 5 aromatic rings. The summed E-state index contributed by atoms with van der Waals surface area (Å²) in [5.41, 5.74) is 11.3. The van der Waals surface area contributed by atoms with E-state index in [1.54, 1.807) is 18.5 Å². The van der Waals surface area contributed by atoms with Gasteiger partial charge >= 0.3 is 6.36 Å². The molecule has 0 radical (unpaired) electrons. The van der Waals surface area contributed by atoms with Gasteiger partial charge in [0, 0.05) is 42.8 Å². The summed E-state index contributed by atoms with van der Waals surface area (Å²) in [4.78, 5) is 4.04. The lowest BCUT2D eigenvalue weighted by atomic mass is 10.0. The molecule has 11 nitrogen and oxygen atoms in total. The number of alkyl halides is 3. The van der Waals surface area contributed by atoms with E-state index in [1.807, 2.05) is 18.2 Å². The molecule has 5 N–H and O–H groups in total. The SMILES string of the molecule is Nc1cc(-c2cc(NCCOCCCCNCc3cc(Cc4cocn4)cc(OC(F)(F)F)c3)c3cn[nH]c3c2)cnn1. The van der Waals surface area contributed by atoms with E-state index in [2.05, 4.69) is 40.7 Å². The molecule has 43 heavy (non-hydrogen) atoms. The van der Waals surface area contributed by atoms with Gasteiger partial charge in [-0.3, -0.25) is 5.10 Å². The first kappa shape index (κ1) is 29.8. The minimum atomic E-state index is -4.77. The first-order valence-electron chi connectivity index (χ1n) is 13.7. The van der Waals surface area contributed by atoms with Crippen LogP contribution in [0.25, 0.3) is 22.0 Å². The Balaban J connectivity index is 1.02. The van der Waals surface area contributed by atoms with Crippen molar-refractivity contribution in [1.82, 2.24) is 30.7 Å². The van der Waals surface area contributed by atoms with Gasteiger partial charge in [0.15, 0.2) is 6.39 Å². The number of nitrogens with two attached hydrogens (primary N) is 1. The molecule has 3 aromatic heterocycles. The number of unbranched alkanes of at least 4 members (excludes halogenated alkanes) is 1. The second kappa shape index (κ2) is 14.0. The number of oxazole rings is 1. The fourth-order valence-corrected chi connectivity index (χ4v) is 4.61. The lowest BCUT2D eigenvalue weighted by molar-refractivity contribution is -0.274. The number of hydrogen-bond acceptors (Lipinski definition) is 10. The number of benzene rings is 2. The predicted molar refractivity (Wildman–Crippen MR) is 154 cm³/mol. The average molecular weight is 597 g/mol. The summed E-state index contributed by atoms with van der Waals surface area (Å²) in [5.74, 6) is 0.0879. The van der Waals surface area contributed by atoms with Gasteiger partial charge in [-0.2, -0.15) is 10.2 Å². The smallest absolute Gasteiger partial charge is 0.451 e. The molecule has 0 bridgehead atoms. The van der Waals surface area contributed by atoms with Gasteiger partial charge < -0.3 is 30.3 Å². The van der Waals surface area contributed by atoms with E-state index in [4.69, 9.17) is 14.9 Å². The molecule has 0 aliphatic rings. The van der Waals surface area contributed by atoms with Gasteiger partial charge in [0.25, 0.3) is 0 Å². The zero-order valence-corrected chi connectivity index (χ0v) is 23.2. The Morgan fingerprint density at radius 2 is 1.84 bits per heavy atom. The monoisotopic (exact) mass is 596 g/mol. The Morgan fingerprint density at radius 1 is 0.953 bits per heavy atom. The molecule has 0 spiro atoms. The van der Waals surface area contributed by atoms with Crippen LogP contribution in [-0.2, 0) is 17.7 Å². The lowest BCUT2D eigenvalue weighted by Gasteiger charge is -2.13. The highest BCUT2D eigenvalue weighted by molar-refractivity contribution is 5.95. The van der Waals surface area contributed by atoms with E-state index in [-0.39, 0.29) is 5.75 Å². The number of hydrogen-bond donors (Lipinski definition) is 4. The third-order valence-electron chi connectivity index (χ3n) is 6.48. The molecular formula is C29H31F3N8O3. The molecule has 14 heteroatoms. The second-order valence-corrected chi connectivity index (χ2v) is 9.84. The fourth-order valence-electron chi connectivity index (χ4n) is 4.61. The first-order chi connectivity index (χ1) is 20.8. The number of aromatic amines is 1. The molecule has 0 aliphatic heterocycles. The summed E-state index contributed by atoms with van der Waals surface area (Å²) in [7, 11) is 0. The number of rotatable bonds is 15. The number of nitrogen functional groups attached to an aromatic ring is 1. The summed E-state index contributed by atoms with van der Waals surface area (Å²) in [5, 5.41) is 22.5. The van der Waals surface area contributed by atoms with Crippen LogP contribution in [0.2, 0.25) is 0 Å². The van der Waals surface area contributed by atoms with Crippen molar-refractivity contribution in [3.05, 3.63) is 78.3 Å². The van der Waals surface area contributed by atoms with E-state index in [0.29, 0.717) is 61.9 Å². The third kappa shape index (κ3) is 8.90. The van der Waals surface area contributed by atoms with Crippen molar-refractivity contribution < 1.29 is 27.1 Å². The molecule has 0 atom stereocenters. The van der Waals surface area contributed by atoms with E-state index in [1.165, 1.54) is 24.8 Å². The zero-order valence-electron chi connectivity index (χ0n) is 23.2. The summed E-state index contributed by atoms with van der Waals surface area (Å²) < 4.78 is 53.4. The van der Waals surface area contributed by atoms with Crippen LogP contribution in [0.1, 0.15) is 29.7 Å². The summed E-state index contributed by atoms with van der Waals surface area (Å²) in [6.45, 7) is 2.79. The van der Waals surface area contributed by atoms with Gasteiger partial charge in [0.05, 0.1) is 30.2 Å². The van der Waals surface area contributed by atoms with Crippen molar-refractivity contribution in [3.63, 3.8) is 0 Å². The molecule has 226 valence electrons. The Hall–Kier alpha value is -4.69. The molecule has 5 rings (SSSR count). The lowest BCUT2D eigenvalue weighted by Crippen LogP contribution is -2.18. The van der Waals surface area contributed by atoms with Gasteiger partial charge in [-0.05, 0) is 66.4 Å². The van der Waals surface area contributed by atoms with Crippen LogP contribution in [-0.4, -0.2) is 58.0 Å². The normalized spacial score (nSPS) is 11.7. The van der Waals surface area contributed by atoms with E-state index in [0.717, 1.165) is 40.6 Å². The van der Waals surface area contributed by atoms with Gasteiger partial charge in [-0.15, -0.1) is 18.3 Å². The first-order valence-corrected chi connectivity index (χ1v) is 13.7. The number of H-pyrrole nitrogens is 1. The van der Waals surface area contributed by atoms with Gasteiger partial charge in [0.1, 0.15) is 17.8 Å². The minimum Gasteiger partial charge on any atom is -0.451 e. The van der Waals surface area contributed by atoms with Crippen molar-refractivity contribution in [3.8, 4) is 16.9 Å². The Labute approximate surface area is 245 Å². The molecule has 0 fully saturated rings. The third-order valence-corrected chi connectivity index (χ3v) is 6.48.